The molecule has 0 N–H and O–H groups in total. The normalized spacial score (nSPS) is 12.9. The molecule has 8 heteroatoms. The van der Waals surface area contributed by atoms with Gasteiger partial charge in [-0.2, -0.15) is 0 Å². The van der Waals surface area contributed by atoms with Crippen molar-refractivity contribution >= 4 is 34.5 Å². The first-order valence-electron chi connectivity index (χ1n) is 9.30. The average Bonchev–Trinajstić information content (AvgIpc) is 3.25. The molecule has 0 spiro atoms. The van der Waals surface area contributed by atoms with Crippen LogP contribution in [-0.2, 0) is 17.7 Å². The third-order valence-electron chi connectivity index (χ3n) is 5.16. The fraction of sp³-hybridized carbons (Fsp3) is 0.182. The first-order chi connectivity index (χ1) is 14.5. The molecule has 0 radical (unpaired) electrons. The van der Waals surface area contributed by atoms with Gasteiger partial charge in [-0.15, -0.1) is 11.3 Å². The lowest BCUT2D eigenvalue weighted by molar-refractivity contribution is -0.384. The zero-order valence-corrected chi connectivity index (χ0v) is 17.0. The molecule has 2 aromatic carbocycles. The molecule has 7 nitrogen and oxygen atoms in total. The highest BCUT2D eigenvalue weighted by atomic mass is 32.1. The molecule has 0 atom stereocenters. The van der Waals surface area contributed by atoms with E-state index in [1.807, 2.05) is 16.3 Å². The molecule has 1 aliphatic rings. The predicted molar refractivity (Wildman–Crippen MR) is 113 cm³/mol. The minimum absolute atomic E-state index is 0.123. The van der Waals surface area contributed by atoms with Gasteiger partial charge in [0.05, 0.1) is 17.6 Å². The fourth-order valence-corrected chi connectivity index (χ4v) is 4.55. The van der Waals surface area contributed by atoms with E-state index in [1.165, 1.54) is 35.7 Å². The third-order valence-corrected chi connectivity index (χ3v) is 6.18. The van der Waals surface area contributed by atoms with Crippen LogP contribution in [0.2, 0.25) is 0 Å². The van der Waals surface area contributed by atoms with E-state index < -0.39 is 16.7 Å². The van der Waals surface area contributed by atoms with Crippen molar-refractivity contribution in [3.63, 3.8) is 0 Å². The van der Waals surface area contributed by atoms with E-state index in [-0.39, 0.29) is 22.4 Å². The Morgan fingerprint density at radius 1 is 1.13 bits per heavy atom. The first kappa shape index (κ1) is 19.8. The van der Waals surface area contributed by atoms with E-state index in [9.17, 15) is 19.7 Å². The molecule has 152 valence electrons. The van der Waals surface area contributed by atoms with Crippen LogP contribution in [0.1, 0.15) is 36.7 Å². The van der Waals surface area contributed by atoms with Gasteiger partial charge in [0.15, 0.2) is 5.78 Å². The van der Waals surface area contributed by atoms with Crippen LogP contribution in [0.15, 0.2) is 53.9 Å². The summed E-state index contributed by atoms with van der Waals surface area (Å²) >= 11 is 1.70. The summed E-state index contributed by atoms with van der Waals surface area (Å²) in [6.45, 7) is 1.27. The number of hydrogen-bond acceptors (Lipinski definition) is 7. The van der Waals surface area contributed by atoms with E-state index in [4.69, 9.17) is 4.74 Å². The molecule has 0 bridgehead atoms. The van der Waals surface area contributed by atoms with Crippen LogP contribution in [0.25, 0.3) is 0 Å². The van der Waals surface area contributed by atoms with Crippen molar-refractivity contribution in [2.75, 3.05) is 18.6 Å². The molecular weight excluding hydrogens is 404 g/mol. The lowest BCUT2D eigenvalue weighted by Crippen LogP contribution is -2.30. The number of thiophene rings is 1. The van der Waals surface area contributed by atoms with Crippen LogP contribution in [0.3, 0.4) is 0 Å². The maximum atomic E-state index is 13.0. The summed E-state index contributed by atoms with van der Waals surface area (Å²) in [5.74, 6) is -1.10. The number of carbonyl (C=O) groups excluding carboxylic acids is 2. The zero-order valence-electron chi connectivity index (χ0n) is 16.2. The number of nitro benzene ring substituents is 1. The van der Waals surface area contributed by atoms with Crippen molar-refractivity contribution < 1.29 is 19.2 Å². The Morgan fingerprint density at radius 2 is 1.90 bits per heavy atom. The molecule has 1 aromatic heterocycles. The van der Waals surface area contributed by atoms with Gasteiger partial charge >= 0.3 is 5.97 Å². The van der Waals surface area contributed by atoms with Crippen LogP contribution >= 0.6 is 11.3 Å². The number of hydrogen-bond donors (Lipinski definition) is 0. The van der Waals surface area contributed by atoms with Gasteiger partial charge in [0.2, 0.25) is 0 Å². The number of methoxy groups -OCH3 is 1. The smallest absolute Gasteiger partial charge is 0.338 e. The van der Waals surface area contributed by atoms with Crippen LogP contribution < -0.4 is 4.90 Å². The highest BCUT2D eigenvalue weighted by Gasteiger charge is 2.26. The summed E-state index contributed by atoms with van der Waals surface area (Å²) in [7, 11) is 1.24. The minimum Gasteiger partial charge on any atom is -0.465 e. The summed E-state index contributed by atoms with van der Waals surface area (Å²) in [5.41, 5.74) is 1.94. The number of fused-ring (bicyclic) bond motifs is 1. The summed E-state index contributed by atoms with van der Waals surface area (Å²) in [6.07, 6.45) is 0.831. The highest BCUT2D eigenvalue weighted by molar-refractivity contribution is 7.10. The van der Waals surface area contributed by atoms with E-state index in [0.717, 1.165) is 6.42 Å². The van der Waals surface area contributed by atoms with Gasteiger partial charge in [-0.1, -0.05) is 18.2 Å². The Morgan fingerprint density at radius 3 is 2.63 bits per heavy atom. The number of rotatable bonds is 5. The van der Waals surface area contributed by atoms with Crippen molar-refractivity contribution in [1.82, 2.24) is 0 Å². The standard InChI is InChI=1S/C22H18N2O5S/c1-29-22(26)17-5-3-2-4-16(17)21(25)14-6-7-18(19(12-14)24(27)28)23-10-8-20-15(13-23)9-11-30-20/h2-7,9,11-12H,8,10,13H2,1H3. The molecule has 2 heterocycles. The molecular formula is C22H18N2O5S. The molecule has 3 aromatic rings. The maximum absolute atomic E-state index is 13.0. The molecule has 0 aliphatic carbocycles. The topological polar surface area (TPSA) is 89.8 Å². The van der Waals surface area contributed by atoms with E-state index >= 15 is 0 Å². The number of esters is 1. The summed E-state index contributed by atoms with van der Waals surface area (Å²) in [5, 5.41) is 13.8. The van der Waals surface area contributed by atoms with Gasteiger partial charge in [-0.25, -0.2) is 4.79 Å². The minimum atomic E-state index is -0.634. The summed E-state index contributed by atoms with van der Waals surface area (Å²) in [4.78, 5) is 39.6. The zero-order chi connectivity index (χ0) is 21.3. The van der Waals surface area contributed by atoms with E-state index in [1.54, 1.807) is 35.6 Å². The SMILES string of the molecule is COC(=O)c1ccccc1C(=O)c1ccc(N2CCc3sccc3C2)c([N+](=O)[O-])c1. The number of anilines is 1. The van der Waals surface area contributed by atoms with Crippen LogP contribution in [-0.4, -0.2) is 30.3 Å². The largest absolute Gasteiger partial charge is 0.465 e. The van der Waals surface area contributed by atoms with Gasteiger partial charge in [-0.05, 0) is 41.6 Å². The summed E-state index contributed by atoms with van der Waals surface area (Å²) < 4.78 is 4.74. The second kappa shape index (κ2) is 8.08. The van der Waals surface area contributed by atoms with Crippen LogP contribution in [0, 0.1) is 10.1 Å². The number of ether oxygens (including phenoxy) is 1. The van der Waals surface area contributed by atoms with Gasteiger partial charge in [-0.3, -0.25) is 14.9 Å². The molecule has 0 amide bonds. The molecule has 30 heavy (non-hydrogen) atoms. The number of nitro groups is 1. The maximum Gasteiger partial charge on any atom is 0.338 e. The van der Waals surface area contributed by atoms with Crippen LogP contribution in [0.5, 0.6) is 0 Å². The predicted octanol–water partition coefficient (Wildman–Crippen LogP) is 4.24. The van der Waals surface area contributed by atoms with E-state index in [0.29, 0.717) is 18.8 Å². The Kier molecular flexibility index (Phi) is 5.33. The Hall–Kier alpha value is -3.52. The lowest BCUT2D eigenvalue weighted by atomic mass is 9.97. The molecule has 0 fully saturated rings. The third kappa shape index (κ3) is 3.57. The first-order valence-corrected chi connectivity index (χ1v) is 10.2. The van der Waals surface area contributed by atoms with Crippen molar-refractivity contribution in [2.45, 2.75) is 13.0 Å². The summed E-state index contributed by atoms with van der Waals surface area (Å²) in [6, 6.07) is 12.8. The Labute approximate surface area is 176 Å². The number of nitrogens with zero attached hydrogens (tertiary/aromatic N) is 2. The molecule has 1 aliphatic heterocycles. The number of carbonyl (C=O) groups is 2. The van der Waals surface area contributed by atoms with Gasteiger partial charge in [0.1, 0.15) is 5.69 Å². The Bertz CT molecular complexity index is 1150. The quantitative estimate of drug-likeness (QED) is 0.264. The van der Waals surface area contributed by atoms with E-state index in [2.05, 4.69) is 0 Å². The number of ketones is 1. The van der Waals surface area contributed by atoms with Gasteiger partial charge < -0.3 is 9.64 Å². The molecule has 0 saturated carbocycles. The highest BCUT2D eigenvalue weighted by Crippen LogP contribution is 2.34. The molecule has 0 unspecified atom stereocenters. The van der Waals surface area contributed by atoms with Crippen molar-refractivity contribution in [3.05, 3.63) is 91.2 Å². The van der Waals surface area contributed by atoms with Gasteiger partial charge in [0.25, 0.3) is 5.69 Å². The molecule has 4 rings (SSSR count). The second-order valence-electron chi connectivity index (χ2n) is 6.87. The monoisotopic (exact) mass is 422 g/mol. The van der Waals surface area contributed by atoms with Crippen molar-refractivity contribution in [2.24, 2.45) is 0 Å². The van der Waals surface area contributed by atoms with Gasteiger partial charge in [0, 0.05) is 35.2 Å². The average molecular weight is 422 g/mol. The van der Waals surface area contributed by atoms with Crippen LogP contribution in [0.4, 0.5) is 11.4 Å². The fourth-order valence-electron chi connectivity index (χ4n) is 3.66. The van der Waals surface area contributed by atoms with Crippen molar-refractivity contribution in [1.29, 1.82) is 0 Å². The van der Waals surface area contributed by atoms with Crippen molar-refractivity contribution in [3.8, 4) is 0 Å². The lowest BCUT2D eigenvalue weighted by Gasteiger charge is -2.28. The second-order valence-corrected chi connectivity index (χ2v) is 7.87. The molecule has 0 saturated heterocycles. The Balaban J connectivity index is 1.70. The number of benzene rings is 2.